The minimum Gasteiger partial charge on any atom is -0.243 e. The highest BCUT2D eigenvalue weighted by molar-refractivity contribution is 9.10. The molecule has 1 aromatic heterocycles. The van der Waals surface area contributed by atoms with Crippen LogP contribution in [0, 0.1) is 11.8 Å². The first kappa shape index (κ1) is 11.9. The van der Waals surface area contributed by atoms with Crippen LogP contribution in [0.25, 0.3) is 11.0 Å². The fourth-order valence-corrected chi connectivity index (χ4v) is 3.09. The number of benzene rings is 1. The molecule has 0 saturated heterocycles. The van der Waals surface area contributed by atoms with Crippen molar-refractivity contribution in [2.75, 3.05) is 0 Å². The molecule has 0 N–H and O–H groups in total. The molecule has 0 spiro atoms. The van der Waals surface area contributed by atoms with Crippen LogP contribution in [-0.2, 0) is 0 Å². The van der Waals surface area contributed by atoms with Gasteiger partial charge in [-0.25, -0.2) is 4.63 Å². The average molecular weight is 307 g/mol. The third-order valence-electron chi connectivity index (χ3n) is 4.07. The van der Waals surface area contributed by atoms with Gasteiger partial charge in [-0.05, 0) is 56.1 Å². The molecule has 2 aromatic rings. The number of rotatable bonds is 1. The molecular weight excluding hydrogens is 292 g/mol. The summed E-state index contributed by atoms with van der Waals surface area (Å²) in [6.45, 7) is 4.61. The monoisotopic (exact) mass is 306 g/mol. The molecule has 0 bridgehead atoms. The highest BCUT2D eigenvalue weighted by atomic mass is 79.9. The quantitative estimate of drug-likeness (QED) is 0.737. The molecule has 3 rings (SSSR count). The summed E-state index contributed by atoms with van der Waals surface area (Å²) in [6.07, 6.45) is 5.73. The number of fused-ring (bicyclic) bond motifs is 1. The largest absolute Gasteiger partial charge is 0.243 e. The topological polar surface area (TPSA) is 38.9 Å². The van der Waals surface area contributed by atoms with Crippen LogP contribution in [0.15, 0.2) is 33.4 Å². The predicted octanol–water partition coefficient (Wildman–Crippen LogP) is 4.30. The second-order valence-electron chi connectivity index (χ2n) is 5.12. The van der Waals surface area contributed by atoms with Crippen molar-refractivity contribution in [2.45, 2.75) is 26.2 Å². The Kier molecular flexibility index (Phi) is 2.98. The first-order chi connectivity index (χ1) is 8.68. The molecular formula is C14H15BrN2O. The third-order valence-corrected chi connectivity index (χ3v) is 4.71. The van der Waals surface area contributed by atoms with Gasteiger partial charge in [0.25, 0.3) is 0 Å². The summed E-state index contributed by atoms with van der Waals surface area (Å²) >= 11 is 3.48. The highest BCUT2D eigenvalue weighted by Crippen LogP contribution is 2.39. The smallest absolute Gasteiger partial charge is 0.149 e. The van der Waals surface area contributed by atoms with E-state index in [1.165, 1.54) is 5.56 Å². The van der Waals surface area contributed by atoms with Crippen molar-refractivity contribution in [3.63, 3.8) is 0 Å². The van der Waals surface area contributed by atoms with Crippen LogP contribution in [0.3, 0.4) is 0 Å². The first-order valence-corrected chi connectivity index (χ1v) is 7.05. The zero-order valence-corrected chi connectivity index (χ0v) is 12.0. The van der Waals surface area contributed by atoms with Crippen LogP contribution in [-0.4, -0.2) is 10.3 Å². The minimum atomic E-state index is 0.399. The molecule has 1 aliphatic carbocycles. The zero-order valence-electron chi connectivity index (χ0n) is 10.4. The molecule has 0 fully saturated rings. The van der Waals surface area contributed by atoms with Gasteiger partial charge in [-0.15, -0.1) is 0 Å². The summed E-state index contributed by atoms with van der Waals surface area (Å²) in [6, 6.07) is 4.15. The lowest BCUT2D eigenvalue weighted by Crippen LogP contribution is -2.19. The Labute approximate surface area is 114 Å². The summed E-state index contributed by atoms with van der Waals surface area (Å²) in [5.74, 6) is 1.70. The molecule has 4 heteroatoms. The van der Waals surface area contributed by atoms with Crippen molar-refractivity contribution in [1.29, 1.82) is 0 Å². The van der Waals surface area contributed by atoms with Gasteiger partial charge in [0, 0.05) is 10.4 Å². The van der Waals surface area contributed by atoms with Crippen molar-refractivity contribution >= 4 is 27.0 Å². The SMILES string of the molecule is CC1CC=CC(c2ccc(Br)c3nonc23)C1C. The van der Waals surface area contributed by atoms with Gasteiger partial charge in [0.1, 0.15) is 11.0 Å². The first-order valence-electron chi connectivity index (χ1n) is 6.26. The van der Waals surface area contributed by atoms with Crippen LogP contribution in [0.2, 0.25) is 0 Å². The maximum Gasteiger partial charge on any atom is 0.149 e. The normalized spacial score (nSPS) is 27.8. The van der Waals surface area contributed by atoms with E-state index in [9.17, 15) is 0 Å². The third kappa shape index (κ3) is 1.79. The average Bonchev–Trinajstić information content (AvgIpc) is 2.84. The van der Waals surface area contributed by atoms with Crippen LogP contribution < -0.4 is 0 Å². The van der Waals surface area contributed by atoms with Crippen molar-refractivity contribution in [2.24, 2.45) is 11.8 Å². The Balaban J connectivity index is 2.14. The standard InChI is InChI=1S/C14H15BrN2O/c1-8-4-3-5-10(9(8)2)11-6-7-12(15)14-13(11)16-18-17-14/h3,5-10H,4H2,1-2H3. The summed E-state index contributed by atoms with van der Waals surface area (Å²) < 4.78 is 5.82. The number of aromatic nitrogens is 2. The molecule has 3 nitrogen and oxygen atoms in total. The van der Waals surface area contributed by atoms with Gasteiger partial charge in [0.05, 0.1) is 0 Å². The molecule has 94 valence electrons. The van der Waals surface area contributed by atoms with Gasteiger partial charge in [-0.1, -0.05) is 32.1 Å². The van der Waals surface area contributed by atoms with E-state index in [1.54, 1.807) is 0 Å². The Morgan fingerprint density at radius 2 is 2.00 bits per heavy atom. The Morgan fingerprint density at radius 3 is 2.83 bits per heavy atom. The molecule has 3 atom stereocenters. The van der Waals surface area contributed by atoms with E-state index in [0.717, 1.165) is 21.9 Å². The van der Waals surface area contributed by atoms with Crippen LogP contribution in [0.1, 0.15) is 31.7 Å². The van der Waals surface area contributed by atoms with Gasteiger partial charge in [-0.3, -0.25) is 0 Å². The molecule has 1 aliphatic rings. The Morgan fingerprint density at radius 1 is 1.22 bits per heavy atom. The van der Waals surface area contributed by atoms with Crippen molar-refractivity contribution in [3.05, 3.63) is 34.3 Å². The van der Waals surface area contributed by atoms with Crippen molar-refractivity contribution in [3.8, 4) is 0 Å². The number of nitrogens with zero attached hydrogens (tertiary/aromatic N) is 2. The molecule has 18 heavy (non-hydrogen) atoms. The molecule has 0 radical (unpaired) electrons. The zero-order chi connectivity index (χ0) is 12.7. The van der Waals surface area contributed by atoms with Crippen molar-refractivity contribution < 1.29 is 4.63 Å². The van der Waals surface area contributed by atoms with E-state index in [1.807, 2.05) is 6.07 Å². The second kappa shape index (κ2) is 4.50. The Hall–Kier alpha value is -1.16. The van der Waals surface area contributed by atoms with Crippen LogP contribution >= 0.6 is 15.9 Å². The van der Waals surface area contributed by atoms with E-state index in [2.05, 4.69) is 58.3 Å². The van der Waals surface area contributed by atoms with E-state index < -0.39 is 0 Å². The number of hydrogen-bond acceptors (Lipinski definition) is 3. The summed E-state index contributed by atoms with van der Waals surface area (Å²) in [7, 11) is 0. The molecule has 1 aromatic carbocycles. The maximum atomic E-state index is 4.89. The predicted molar refractivity (Wildman–Crippen MR) is 74.3 cm³/mol. The molecule has 0 amide bonds. The lowest BCUT2D eigenvalue weighted by Gasteiger charge is -2.30. The van der Waals surface area contributed by atoms with E-state index in [4.69, 9.17) is 4.63 Å². The van der Waals surface area contributed by atoms with E-state index in [0.29, 0.717) is 17.8 Å². The highest BCUT2D eigenvalue weighted by Gasteiger charge is 2.27. The molecule has 0 saturated carbocycles. The number of halogens is 1. The molecule has 3 unspecified atom stereocenters. The minimum absolute atomic E-state index is 0.399. The van der Waals surface area contributed by atoms with Gasteiger partial charge < -0.3 is 0 Å². The fraction of sp³-hybridized carbons (Fsp3) is 0.429. The fourth-order valence-electron chi connectivity index (χ4n) is 2.70. The van der Waals surface area contributed by atoms with Crippen LogP contribution in [0.4, 0.5) is 0 Å². The van der Waals surface area contributed by atoms with Crippen LogP contribution in [0.5, 0.6) is 0 Å². The van der Waals surface area contributed by atoms with Crippen molar-refractivity contribution in [1.82, 2.24) is 10.3 Å². The second-order valence-corrected chi connectivity index (χ2v) is 5.98. The number of allylic oxidation sites excluding steroid dienone is 2. The molecule has 0 aliphatic heterocycles. The van der Waals surface area contributed by atoms with E-state index in [-0.39, 0.29) is 0 Å². The Bertz CT molecular complexity index is 605. The maximum absolute atomic E-state index is 4.89. The molecule has 1 heterocycles. The summed E-state index contributed by atoms with van der Waals surface area (Å²) in [5, 5.41) is 8.02. The summed E-state index contributed by atoms with van der Waals surface area (Å²) in [5.41, 5.74) is 2.90. The summed E-state index contributed by atoms with van der Waals surface area (Å²) in [4.78, 5) is 0. The van der Waals surface area contributed by atoms with Gasteiger partial charge in [-0.2, -0.15) is 0 Å². The van der Waals surface area contributed by atoms with Gasteiger partial charge in [0.2, 0.25) is 0 Å². The van der Waals surface area contributed by atoms with Gasteiger partial charge >= 0.3 is 0 Å². The lowest BCUT2D eigenvalue weighted by atomic mass is 9.74. The number of hydrogen-bond donors (Lipinski definition) is 0. The van der Waals surface area contributed by atoms with E-state index >= 15 is 0 Å². The van der Waals surface area contributed by atoms with Gasteiger partial charge in [0.15, 0.2) is 0 Å². The lowest BCUT2D eigenvalue weighted by molar-refractivity contribution is 0.314.